The molecule has 1 aromatic rings. The van der Waals surface area contributed by atoms with Crippen LogP contribution in [0, 0.1) is 11.6 Å². The van der Waals surface area contributed by atoms with E-state index in [4.69, 9.17) is 9.84 Å². The van der Waals surface area contributed by atoms with Crippen molar-refractivity contribution in [2.45, 2.75) is 0 Å². The predicted octanol–water partition coefficient (Wildman–Crippen LogP) is 0.837. The topological polar surface area (TPSA) is 87.7 Å². The Labute approximate surface area is 113 Å². The van der Waals surface area contributed by atoms with Crippen LogP contribution < -0.4 is 10.6 Å². The van der Waals surface area contributed by atoms with Gasteiger partial charge < -0.3 is 20.5 Å². The highest BCUT2D eigenvalue weighted by Crippen LogP contribution is 2.20. The Bertz CT molecular complexity index is 508. The number of hydrogen-bond acceptors (Lipinski definition) is 4. The summed E-state index contributed by atoms with van der Waals surface area (Å²) >= 11 is 0. The third-order valence-electron chi connectivity index (χ3n) is 2.38. The smallest absolute Gasteiger partial charge is 0.338 e. The van der Waals surface area contributed by atoms with Gasteiger partial charge in [0.05, 0.1) is 24.4 Å². The fourth-order valence-corrected chi connectivity index (χ4v) is 1.38. The maximum absolute atomic E-state index is 13.5. The first-order chi connectivity index (χ1) is 9.47. The molecule has 0 atom stereocenters. The third kappa shape index (κ3) is 4.16. The van der Waals surface area contributed by atoms with E-state index in [1.165, 1.54) is 7.11 Å². The van der Waals surface area contributed by atoms with Gasteiger partial charge in [-0.1, -0.05) is 0 Å². The number of hydrogen-bond donors (Lipinski definition) is 3. The number of rotatable bonds is 7. The van der Waals surface area contributed by atoms with Crippen molar-refractivity contribution >= 4 is 17.6 Å². The Kier molecular flexibility index (Phi) is 5.85. The minimum absolute atomic E-state index is 0.271. The van der Waals surface area contributed by atoms with Crippen LogP contribution in [0.15, 0.2) is 12.1 Å². The van der Waals surface area contributed by atoms with Crippen LogP contribution in [0.5, 0.6) is 0 Å². The van der Waals surface area contributed by atoms with Gasteiger partial charge in [-0.25, -0.2) is 13.6 Å². The van der Waals surface area contributed by atoms with E-state index < -0.39 is 29.1 Å². The van der Waals surface area contributed by atoms with Crippen molar-refractivity contribution in [3.05, 3.63) is 29.3 Å². The molecule has 0 aliphatic rings. The lowest BCUT2D eigenvalue weighted by atomic mass is 10.2. The van der Waals surface area contributed by atoms with Gasteiger partial charge in [0.15, 0.2) is 11.6 Å². The van der Waals surface area contributed by atoms with E-state index in [1.807, 2.05) is 0 Å². The fraction of sp³-hybridized carbons (Fsp3) is 0.333. The van der Waals surface area contributed by atoms with Crippen molar-refractivity contribution in [1.29, 1.82) is 0 Å². The van der Waals surface area contributed by atoms with Crippen LogP contribution in [-0.2, 0) is 9.53 Å². The highest BCUT2D eigenvalue weighted by Gasteiger charge is 2.18. The Morgan fingerprint density at radius 2 is 2.00 bits per heavy atom. The number of anilines is 1. The summed E-state index contributed by atoms with van der Waals surface area (Å²) < 4.78 is 31.6. The standard InChI is InChI=1S/C12H14F2N2O4/c1-20-5-4-15-9(17)6-16-8-3-2-7(12(18)19)10(13)11(8)14/h2-3,16H,4-6H2,1H3,(H,15,17)(H,18,19). The number of benzene rings is 1. The average Bonchev–Trinajstić information content (AvgIpc) is 2.40. The van der Waals surface area contributed by atoms with Crippen LogP contribution in [0.1, 0.15) is 10.4 Å². The summed E-state index contributed by atoms with van der Waals surface area (Å²) in [5.41, 5.74) is -1.05. The second-order valence-corrected chi connectivity index (χ2v) is 3.79. The zero-order valence-electron chi connectivity index (χ0n) is 10.7. The molecule has 0 heterocycles. The molecule has 0 saturated carbocycles. The molecular weight excluding hydrogens is 274 g/mol. The maximum Gasteiger partial charge on any atom is 0.338 e. The van der Waals surface area contributed by atoms with E-state index in [0.29, 0.717) is 13.2 Å². The van der Waals surface area contributed by atoms with Crippen LogP contribution in [0.4, 0.5) is 14.5 Å². The molecule has 20 heavy (non-hydrogen) atoms. The number of carboxylic acids is 1. The number of halogens is 2. The van der Waals surface area contributed by atoms with Gasteiger partial charge in [-0.2, -0.15) is 0 Å². The van der Waals surface area contributed by atoms with Gasteiger partial charge in [-0.05, 0) is 12.1 Å². The Hall–Kier alpha value is -2.22. The van der Waals surface area contributed by atoms with Crippen molar-refractivity contribution in [2.75, 3.05) is 32.1 Å². The van der Waals surface area contributed by atoms with E-state index in [-0.39, 0.29) is 12.2 Å². The molecule has 0 bridgehead atoms. The molecule has 0 radical (unpaired) electrons. The maximum atomic E-state index is 13.5. The lowest BCUT2D eigenvalue weighted by Gasteiger charge is -2.09. The number of aromatic carboxylic acids is 1. The molecule has 1 amide bonds. The van der Waals surface area contributed by atoms with Crippen molar-refractivity contribution < 1.29 is 28.2 Å². The van der Waals surface area contributed by atoms with E-state index >= 15 is 0 Å². The second-order valence-electron chi connectivity index (χ2n) is 3.79. The van der Waals surface area contributed by atoms with Crippen molar-refractivity contribution in [3.63, 3.8) is 0 Å². The zero-order valence-corrected chi connectivity index (χ0v) is 10.7. The largest absolute Gasteiger partial charge is 0.478 e. The lowest BCUT2D eigenvalue weighted by molar-refractivity contribution is -0.119. The minimum atomic E-state index is -1.56. The molecule has 3 N–H and O–H groups in total. The Morgan fingerprint density at radius 1 is 1.30 bits per heavy atom. The normalized spacial score (nSPS) is 10.2. The van der Waals surface area contributed by atoms with Crippen LogP contribution in [-0.4, -0.2) is 43.8 Å². The molecule has 110 valence electrons. The van der Waals surface area contributed by atoms with Crippen molar-refractivity contribution in [3.8, 4) is 0 Å². The molecule has 0 aliphatic heterocycles. The van der Waals surface area contributed by atoms with Crippen molar-refractivity contribution in [1.82, 2.24) is 5.32 Å². The Morgan fingerprint density at radius 3 is 2.60 bits per heavy atom. The number of carbonyl (C=O) groups excluding carboxylic acids is 1. The predicted molar refractivity (Wildman–Crippen MR) is 66.7 cm³/mol. The van der Waals surface area contributed by atoms with Gasteiger partial charge >= 0.3 is 5.97 Å². The number of nitrogens with one attached hydrogen (secondary N) is 2. The van der Waals surface area contributed by atoms with Crippen LogP contribution in [0.2, 0.25) is 0 Å². The molecule has 0 unspecified atom stereocenters. The summed E-state index contributed by atoms with van der Waals surface area (Å²) in [4.78, 5) is 21.9. The third-order valence-corrected chi connectivity index (χ3v) is 2.38. The highest BCUT2D eigenvalue weighted by molar-refractivity contribution is 5.88. The monoisotopic (exact) mass is 288 g/mol. The summed E-state index contributed by atoms with van der Waals surface area (Å²) in [7, 11) is 1.48. The first-order valence-electron chi connectivity index (χ1n) is 5.68. The summed E-state index contributed by atoms with van der Waals surface area (Å²) in [6.45, 7) is 0.361. The van der Waals surface area contributed by atoms with Gasteiger partial charge in [0.25, 0.3) is 0 Å². The van der Waals surface area contributed by atoms with Gasteiger partial charge in [-0.3, -0.25) is 4.79 Å². The fourth-order valence-electron chi connectivity index (χ4n) is 1.38. The molecular formula is C12H14F2N2O4. The van der Waals surface area contributed by atoms with Gasteiger partial charge in [-0.15, -0.1) is 0 Å². The second kappa shape index (κ2) is 7.39. The molecule has 1 aromatic carbocycles. The summed E-state index contributed by atoms with van der Waals surface area (Å²) in [5.74, 6) is -4.80. The van der Waals surface area contributed by atoms with Crippen molar-refractivity contribution in [2.24, 2.45) is 0 Å². The van der Waals surface area contributed by atoms with E-state index in [2.05, 4.69) is 10.6 Å². The molecule has 0 fully saturated rings. The molecule has 0 spiro atoms. The number of amides is 1. The Balaban J connectivity index is 2.63. The zero-order chi connectivity index (χ0) is 15.1. The first-order valence-corrected chi connectivity index (χ1v) is 5.68. The van der Waals surface area contributed by atoms with Crippen LogP contribution >= 0.6 is 0 Å². The molecule has 0 aliphatic carbocycles. The van der Waals surface area contributed by atoms with E-state index in [9.17, 15) is 18.4 Å². The van der Waals surface area contributed by atoms with E-state index in [1.54, 1.807) is 0 Å². The van der Waals surface area contributed by atoms with Gasteiger partial charge in [0.2, 0.25) is 5.91 Å². The number of ether oxygens (including phenoxy) is 1. The average molecular weight is 288 g/mol. The molecule has 0 saturated heterocycles. The van der Waals surface area contributed by atoms with Crippen LogP contribution in [0.3, 0.4) is 0 Å². The highest BCUT2D eigenvalue weighted by atomic mass is 19.2. The van der Waals surface area contributed by atoms with E-state index in [0.717, 1.165) is 12.1 Å². The summed E-state index contributed by atoms with van der Waals surface area (Å²) in [6.07, 6.45) is 0. The minimum Gasteiger partial charge on any atom is -0.478 e. The molecule has 1 rings (SSSR count). The first kappa shape index (κ1) is 15.8. The van der Waals surface area contributed by atoms with Crippen LogP contribution in [0.25, 0.3) is 0 Å². The SMILES string of the molecule is COCCNC(=O)CNc1ccc(C(=O)O)c(F)c1F. The lowest BCUT2D eigenvalue weighted by Crippen LogP contribution is -2.32. The summed E-state index contributed by atoms with van der Waals surface area (Å²) in [5, 5.41) is 13.5. The summed E-state index contributed by atoms with van der Waals surface area (Å²) in [6, 6.07) is 1.98. The molecule has 8 heteroatoms. The quantitative estimate of drug-likeness (QED) is 0.647. The van der Waals surface area contributed by atoms with Gasteiger partial charge in [0, 0.05) is 13.7 Å². The number of carbonyl (C=O) groups is 2. The number of methoxy groups -OCH3 is 1. The number of carboxylic acid groups (broad SMARTS) is 1. The van der Waals surface area contributed by atoms with Gasteiger partial charge in [0.1, 0.15) is 0 Å². The molecule has 0 aromatic heterocycles. The molecule has 6 nitrogen and oxygen atoms in total.